The van der Waals surface area contributed by atoms with Crippen molar-refractivity contribution >= 4 is 39.1 Å². The zero-order valence-electron chi connectivity index (χ0n) is 17.9. The minimum Gasteiger partial charge on any atom is -0.480 e. The molecule has 1 aromatic carbocycles. The average molecular weight is 494 g/mol. The number of nitrogens with one attached hydrogen (secondary N) is 1. The van der Waals surface area contributed by atoms with Crippen molar-refractivity contribution in [1.82, 2.24) is 15.2 Å². The fourth-order valence-electron chi connectivity index (χ4n) is 3.46. The first-order valence-corrected chi connectivity index (χ1v) is 11.8. The highest BCUT2D eigenvalue weighted by molar-refractivity contribution is 9.10. The third-order valence-corrected chi connectivity index (χ3v) is 7.24. The minimum absolute atomic E-state index is 0.0171. The summed E-state index contributed by atoms with van der Waals surface area (Å²) >= 11 is 4.92. The van der Waals surface area contributed by atoms with Gasteiger partial charge in [0, 0.05) is 18.5 Å². The molecule has 6 nitrogen and oxygen atoms in total. The van der Waals surface area contributed by atoms with Crippen LogP contribution in [-0.2, 0) is 4.79 Å². The summed E-state index contributed by atoms with van der Waals surface area (Å²) in [4.78, 5) is 32.4. The summed E-state index contributed by atoms with van der Waals surface area (Å²) in [5.41, 5.74) is 1.11. The van der Waals surface area contributed by atoms with Crippen molar-refractivity contribution in [2.45, 2.75) is 65.1 Å². The van der Waals surface area contributed by atoms with Gasteiger partial charge in [0.05, 0.1) is 21.7 Å². The first-order chi connectivity index (χ1) is 14.2. The van der Waals surface area contributed by atoms with Crippen LogP contribution >= 0.6 is 27.3 Å². The first-order valence-electron chi connectivity index (χ1n) is 10.2. The molecule has 0 aliphatic carbocycles. The van der Waals surface area contributed by atoms with Gasteiger partial charge in [-0.05, 0) is 60.8 Å². The normalized spacial score (nSPS) is 19.8. The highest BCUT2D eigenvalue weighted by atomic mass is 79.9. The summed E-state index contributed by atoms with van der Waals surface area (Å²) in [5, 5.41) is 4.02. The summed E-state index contributed by atoms with van der Waals surface area (Å²) in [6, 6.07) is 5.54. The van der Waals surface area contributed by atoms with E-state index in [4.69, 9.17) is 4.74 Å². The number of thiazole rings is 1. The number of likely N-dealkylation sites (tertiary alicyclic amines) is 1. The van der Waals surface area contributed by atoms with E-state index >= 15 is 0 Å². The van der Waals surface area contributed by atoms with Crippen LogP contribution in [0.15, 0.2) is 28.9 Å². The zero-order valence-corrected chi connectivity index (χ0v) is 20.3. The number of nitrogens with zero attached hydrogens (tertiary/aromatic N) is 2. The summed E-state index contributed by atoms with van der Waals surface area (Å²) in [5.74, 6) is 0.727. The molecule has 30 heavy (non-hydrogen) atoms. The van der Waals surface area contributed by atoms with Gasteiger partial charge in [0.1, 0.15) is 10.6 Å². The third kappa shape index (κ3) is 5.03. The van der Waals surface area contributed by atoms with E-state index < -0.39 is 6.10 Å². The van der Waals surface area contributed by atoms with Crippen LogP contribution in [0.25, 0.3) is 0 Å². The average Bonchev–Trinajstić information content (AvgIpc) is 3.31. The number of halogens is 1. The molecule has 1 fully saturated rings. The summed E-state index contributed by atoms with van der Waals surface area (Å²) in [6.45, 7) is 10.4. The molecule has 1 saturated heterocycles. The lowest BCUT2D eigenvalue weighted by molar-refractivity contribution is -0.128. The van der Waals surface area contributed by atoms with Crippen molar-refractivity contribution in [3.63, 3.8) is 0 Å². The van der Waals surface area contributed by atoms with Crippen LogP contribution in [0.4, 0.5) is 0 Å². The molecule has 2 aromatic rings. The molecule has 1 unspecified atom stereocenters. The number of hydrogen-bond donors (Lipinski definition) is 1. The Morgan fingerprint density at radius 1 is 1.33 bits per heavy atom. The van der Waals surface area contributed by atoms with Crippen LogP contribution < -0.4 is 10.1 Å². The number of amides is 2. The topological polar surface area (TPSA) is 71.5 Å². The lowest BCUT2D eigenvalue weighted by atomic mass is 10.1. The van der Waals surface area contributed by atoms with Gasteiger partial charge in [0.25, 0.3) is 11.8 Å². The maximum atomic E-state index is 12.9. The largest absolute Gasteiger partial charge is 0.480 e. The van der Waals surface area contributed by atoms with Gasteiger partial charge in [-0.1, -0.05) is 19.9 Å². The standard InChI is InChI=1S/C22H28BrN3O3S/c1-12(2)21-24-11-19(30-21)22(28)26-9-8-17(14(26)4)25-20(27)15(5)29-18-7-6-13(3)10-16(18)23/h6-7,10-12,14-15,17H,8-9H2,1-5H3,(H,25,27)/t14-,15?,17-/m1/s1. The van der Waals surface area contributed by atoms with Gasteiger partial charge in [-0.2, -0.15) is 0 Å². The van der Waals surface area contributed by atoms with Crippen molar-refractivity contribution in [1.29, 1.82) is 0 Å². The molecular formula is C22H28BrN3O3S. The molecule has 2 amide bonds. The monoisotopic (exact) mass is 493 g/mol. The Morgan fingerprint density at radius 2 is 2.07 bits per heavy atom. The van der Waals surface area contributed by atoms with E-state index in [0.717, 1.165) is 21.5 Å². The molecule has 0 saturated carbocycles. The van der Waals surface area contributed by atoms with Gasteiger partial charge in [0.2, 0.25) is 0 Å². The Labute approximate surface area is 190 Å². The first kappa shape index (κ1) is 22.7. The van der Waals surface area contributed by atoms with Gasteiger partial charge in [0.15, 0.2) is 6.10 Å². The van der Waals surface area contributed by atoms with Crippen molar-refractivity contribution in [3.8, 4) is 5.75 Å². The Balaban J connectivity index is 1.59. The van der Waals surface area contributed by atoms with E-state index in [0.29, 0.717) is 23.1 Å². The Morgan fingerprint density at radius 3 is 2.70 bits per heavy atom. The predicted octanol–water partition coefficient (Wildman–Crippen LogP) is 4.52. The van der Waals surface area contributed by atoms with E-state index in [1.165, 1.54) is 11.3 Å². The van der Waals surface area contributed by atoms with Gasteiger partial charge in [-0.3, -0.25) is 9.59 Å². The quantitative estimate of drug-likeness (QED) is 0.641. The zero-order chi connectivity index (χ0) is 22.0. The number of rotatable bonds is 6. The number of aryl methyl sites for hydroxylation is 1. The van der Waals surface area contributed by atoms with Gasteiger partial charge >= 0.3 is 0 Å². The van der Waals surface area contributed by atoms with Crippen molar-refractivity contribution < 1.29 is 14.3 Å². The fraction of sp³-hybridized carbons (Fsp3) is 0.500. The SMILES string of the molecule is Cc1ccc(OC(C)C(=O)N[C@@H]2CCN(C(=O)c3cnc(C(C)C)s3)[C@@H]2C)c(Br)c1. The molecule has 1 aromatic heterocycles. The number of ether oxygens (including phenoxy) is 1. The minimum atomic E-state index is -0.643. The molecule has 1 aliphatic heterocycles. The third-order valence-electron chi connectivity index (χ3n) is 5.33. The van der Waals surface area contributed by atoms with E-state index in [1.807, 2.05) is 36.9 Å². The highest BCUT2D eigenvalue weighted by Gasteiger charge is 2.36. The maximum absolute atomic E-state index is 12.9. The molecule has 2 heterocycles. The van der Waals surface area contributed by atoms with Crippen LogP contribution in [-0.4, -0.2) is 46.4 Å². The molecule has 8 heteroatoms. The van der Waals surface area contributed by atoms with Crippen LogP contribution in [0.5, 0.6) is 5.75 Å². The smallest absolute Gasteiger partial charge is 0.265 e. The van der Waals surface area contributed by atoms with Crippen molar-refractivity contribution in [2.75, 3.05) is 6.54 Å². The Bertz CT molecular complexity index is 930. The van der Waals surface area contributed by atoms with E-state index in [-0.39, 0.29) is 23.9 Å². The van der Waals surface area contributed by atoms with Crippen LogP contribution in [0, 0.1) is 6.92 Å². The van der Waals surface area contributed by atoms with Crippen LogP contribution in [0.2, 0.25) is 0 Å². The number of aromatic nitrogens is 1. The molecular weight excluding hydrogens is 466 g/mol. The molecule has 0 spiro atoms. The van der Waals surface area contributed by atoms with Gasteiger partial charge in [-0.25, -0.2) is 4.98 Å². The molecule has 0 radical (unpaired) electrons. The maximum Gasteiger partial charge on any atom is 0.265 e. The lowest BCUT2D eigenvalue weighted by Crippen LogP contribution is -2.48. The van der Waals surface area contributed by atoms with Gasteiger partial charge < -0.3 is 15.0 Å². The summed E-state index contributed by atoms with van der Waals surface area (Å²) < 4.78 is 6.65. The molecule has 3 atom stereocenters. The summed E-state index contributed by atoms with van der Waals surface area (Å²) in [7, 11) is 0. The Kier molecular flexibility index (Phi) is 7.18. The molecule has 3 rings (SSSR count). The highest BCUT2D eigenvalue weighted by Crippen LogP contribution is 2.28. The summed E-state index contributed by atoms with van der Waals surface area (Å²) in [6.07, 6.45) is 1.74. The number of benzene rings is 1. The second-order valence-corrected chi connectivity index (χ2v) is 9.97. The van der Waals surface area contributed by atoms with Crippen LogP contribution in [0.1, 0.15) is 60.3 Å². The van der Waals surface area contributed by atoms with E-state index in [2.05, 4.69) is 40.1 Å². The van der Waals surface area contributed by atoms with Gasteiger partial charge in [-0.15, -0.1) is 11.3 Å². The number of carbonyl (C=O) groups is 2. The van der Waals surface area contributed by atoms with E-state index in [1.54, 1.807) is 13.1 Å². The van der Waals surface area contributed by atoms with Crippen LogP contribution in [0.3, 0.4) is 0 Å². The van der Waals surface area contributed by atoms with Crippen molar-refractivity contribution in [3.05, 3.63) is 44.3 Å². The lowest BCUT2D eigenvalue weighted by Gasteiger charge is -2.26. The number of carbonyl (C=O) groups excluding carboxylic acids is 2. The number of hydrogen-bond acceptors (Lipinski definition) is 5. The molecule has 1 N–H and O–H groups in total. The molecule has 1 aliphatic rings. The second kappa shape index (κ2) is 9.47. The molecule has 0 bridgehead atoms. The van der Waals surface area contributed by atoms with E-state index in [9.17, 15) is 9.59 Å². The second-order valence-electron chi connectivity index (χ2n) is 8.05. The molecule has 162 valence electrons. The Hall–Kier alpha value is -1.93. The predicted molar refractivity (Wildman–Crippen MR) is 122 cm³/mol. The fourth-order valence-corrected chi connectivity index (χ4v) is 4.92. The van der Waals surface area contributed by atoms with Crippen molar-refractivity contribution in [2.24, 2.45) is 0 Å².